The maximum absolute atomic E-state index is 9.44. The first-order chi connectivity index (χ1) is 3.13. The van der Waals surface area contributed by atoms with Crippen LogP contribution in [0.2, 0.25) is 0 Å². The second-order valence-corrected chi connectivity index (χ2v) is 2.51. The van der Waals surface area contributed by atoms with Crippen LogP contribution >= 0.6 is 0 Å². The molecule has 42 heavy (non-hydrogen) atoms. The Labute approximate surface area is 348 Å². The van der Waals surface area contributed by atoms with Crippen LogP contribution in [0.25, 0.3) is 0 Å². The molecule has 0 radical (unpaired) electrons. The maximum atomic E-state index is 9.44. The molecule has 0 atom stereocenters. The smallest absolute Gasteiger partial charge is 1.00 e. The zero-order valence-electron chi connectivity index (χ0n) is 25.3. The molecule has 0 aliphatic heterocycles. The van der Waals surface area contributed by atoms with E-state index in [0.717, 1.165) is 0 Å². The van der Waals surface area contributed by atoms with Crippen molar-refractivity contribution in [2.45, 2.75) is 0 Å². The van der Waals surface area contributed by atoms with Crippen LogP contribution in [0.1, 0.15) is 5.71 Å². The van der Waals surface area contributed by atoms with E-state index in [1.165, 1.54) is 0 Å². The van der Waals surface area contributed by atoms with Crippen molar-refractivity contribution in [2.75, 3.05) is 0 Å². The van der Waals surface area contributed by atoms with E-state index < -0.39 is 18.3 Å². The Bertz CT molecular complexity index is 134. The molecule has 0 saturated heterocycles. The summed E-state index contributed by atoms with van der Waals surface area (Å²) in [5.74, 6) is 0. The second-order valence-electron chi connectivity index (χ2n) is 0.634. The average molecular weight is 833 g/mol. The molecule has 0 bridgehead atoms. The van der Waals surface area contributed by atoms with Gasteiger partial charge in [-0.1, -0.05) is 0 Å². The summed E-state index contributed by atoms with van der Waals surface area (Å²) >= 11 is 0. The summed E-state index contributed by atoms with van der Waals surface area (Å²) in [5.41, 5.74) is 0. The standard InChI is InChI=1S/Al.Ca.K.Na.H2O5Si2.31H2O.7H/c;;;;1-6(2)5-7(3)4;;;;;;;;;;;;;;;;;;;;;;;;;;;;;;;;;;;;;;/h;;;;1,3H;31*1H2;;;;;;;/q;+2;2*+1;;;;;;;;;;;;;;;;;;;;;;;;;;;;;;;;;;;;4*-1. The van der Waals surface area contributed by atoms with Gasteiger partial charge in [-0.15, -0.1) is 0 Å². The van der Waals surface area contributed by atoms with Crippen LogP contribution in [0.5, 0.6) is 0 Å². The van der Waals surface area contributed by atoms with Crippen LogP contribution < -0.4 is 80.9 Å². The average Bonchev–Trinajstić information content (AvgIpc) is 1.27. The molecule has 0 rings (SSSR count). The normalized spacial score (nSPS) is 1.24. The first kappa shape index (κ1) is 1140. The van der Waals surface area contributed by atoms with E-state index in [-0.39, 0.29) is 312 Å². The fourth-order valence-electron chi connectivity index (χ4n) is 0.0747. The van der Waals surface area contributed by atoms with E-state index in [0.29, 0.717) is 0 Å². The van der Waals surface area contributed by atoms with Gasteiger partial charge in [0.1, 0.15) is 0 Å². The molecule has 0 unspecified atom stereocenters. The minimum atomic E-state index is -3.20. The summed E-state index contributed by atoms with van der Waals surface area (Å²) in [6.07, 6.45) is 0. The van der Waals surface area contributed by atoms with Gasteiger partial charge < -0.3 is 189 Å². The molecule has 0 heterocycles. The summed E-state index contributed by atoms with van der Waals surface area (Å²) in [7, 11) is -6.40. The van der Waals surface area contributed by atoms with Crippen molar-refractivity contribution >= 4 is 73.4 Å². The van der Waals surface area contributed by atoms with Crippen molar-refractivity contribution in [3.63, 3.8) is 0 Å². The Balaban J connectivity index is -0.000000000243. The molecule has 64 N–H and O–H groups in total. The van der Waals surface area contributed by atoms with Crippen LogP contribution in [0, 0.1) is 0 Å². The number of hydrogen-bond acceptors (Lipinski definition) is 3. The Morgan fingerprint density at radius 2 is 0.381 bits per heavy atom. The van der Waals surface area contributed by atoms with Gasteiger partial charge in [0.2, 0.25) is 0 Å². The Hall–Kier alpha value is 2.62. The first-order valence-electron chi connectivity index (χ1n) is 1.26. The molecular formula is H71AlCaKNaO36Si2. The molecule has 0 aromatic heterocycles. The van der Waals surface area contributed by atoms with Crippen molar-refractivity contribution in [3.05, 3.63) is 0 Å². The SMILES string of the molecule is O.O.O.O.O.O.O.O.O.O.O.O.O.O.O.O.O.O.O.O.O.O.O.O.O.O.O.O.O.O.O.O=[Si](O)O[Si](=O)O.[AlH3].[Ca+2].[H-].[H-].[H-].[H-].[K+].[Na+]. The van der Waals surface area contributed by atoms with Gasteiger partial charge in [-0.05, 0) is 0 Å². The van der Waals surface area contributed by atoms with Crippen molar-refractivity contribution in [1.82, 2.24) is 0 Å². The maximum Gasteiger partial charge on any atom is 2.00 e. The molecule has 0 aromatic rings. The van der Waals surface area contributed by atoms with Crippen LogP contribution in [-0.2, 0) is 13.0 Å². The quantitative estimate of drug-likeness (QED) is 0.255. The van der Waals surface area contributed by atoms with Gasteiger partial charge in [0.25, 0.3) is 0 Å². The zero-order chi connectivity index (χ0) is 5.86. The topological polar surface area (TPSA) is 1060 Å². The predicted molar refractivity (Wildman–Crippen MR) is 151 cm³/mol. The molecule has 0 aliphatic carbocycles. The van der Waals surface area contributed by atoms with E-state index in [4.69, 9.17) is 9.59 Å². The molecule has 36 nitrogen and oxygen atoms in total. The van der Waals surface area contributed by atoms with Gasteiger partial charge in [0, 0.05) is 0 Å². The third-order valence-electron chi connectivity index (χ3n) is 0.175. The largest absolute Gasteiger partial charge is 2.00 e. The molecule has 302 valence electrons. The molecule has 0 fully saturated rings. The first-order valence-corrected chi connectivity index (χ1v) is 3.79. The van der Waals surface area contributed by atoms with Crippen molar-refractivity contribution in [1.29, 1.82) is 0 Å². The molecule has 0 aromatic carbocycles. The van der Waals surface area contributed by atoms with Crippen LogP contribution in [0.4, 0.5) is 0 Å². The van der Waals surface area contributed by atoms with E-state index >= 15 is 0 Å². The van der Waals surface area contributed by atoms with Gasteiger partial charge in [0.05, 0.1) is 0 Å². The summed E-state index contributed by atoms with van der Waals surface area (Å²) in [6, 6.07) is 0. The fraction of sp³-hybridized carbons (Fsp3) is 0. The third kappa shape index (κ3) is 1680. The van der Waals surface area contributed by atoms with Crippen LogP contribution in [-0.4, -0.2) is 253 Å². The van der Waals surface area contributed by atoms with E-state index in [9.17, 15) is 8.92 Å². The summed E-state index contributed by atoms with van der Waals surface area (Å²) in [6.45, 7) is 0. The summed E-state index contributed by atoms with van der Waals surface area (Å²) in [4.78, 5) is 15.4. The van der Waals surface area contributed by atoms with E-state index in [1.807, 2.05) is 0 Å². The summed E-state index contributed by atoms with van der Waals surface area (Å²) < 4.78 is 22.3. The van der Waals surface area contributed by atoms with E-state index in [1.54, 1.807) is 0 Å². The van der Waals surface area contributed by atoms with Gasteiger partial charge >= 0.3 is 137 Å². The second kappa shape index (κ2) is 856. The Morgan fingerprint density at radius 3 is 0.381 bits per heavy atom. The van der Waals surface area contributed by atoms with Crippen molar-refractivity contribution in [3.8, 4) is 0 Å². The minimum absolute atomic E-state index is 0. The van der Waals surface area contributed by atoms with E-state index in [2.05, 4.69) is 4.12 Å². The molecule has 0 saturated carbocycles. The van der Waals surface area contributed by atoms with Crippen molar-refractivity contribution < 1.29 is 279 Å². The van der Waals surface area contributed by atoms with Gasteiger partial charge in [-0.2, -0.15) is 0 Å². The molecule has 0 amide bonds. The van der Waals surface area contributed by atoms with Crippen LogP contribution in [0.15, 0.2) is 0 Å². The van der Waals surface area contributed by atoms with Gasteiger partial charge in [-0.25, -0.2) is 0 Å². The molecular weight excluding hydrogens is 761 g/mol. The van der Waals surface area contributed by atoms with Gasteiger partial charge in [0.15, 0.2) is 17.4 Å². The van der Waals surface area contributed by atoms with Crippen LogP contribution in [0.3, 0.4) is 0 Å². The van der Waals surface area contributed by atoms with Crippen molar-refractivity contribution in [2.24, 2.45) is 0 Å². The van der Waals surface area contributed by atoms with Gasteiger partial charge in [-0.3, -0.25) is 8.92 Å². The Kier molecular flexibility index (Phi) is 23300. The molecule has 42 heteroatoms. The predicted octanol–water partition coefficient (Wildman–Crippen LogP) is -34.9. The monoisotopic (exact) mass is 832 g/mol. The zero-order valence-corrected chi connectivity index (χ0v) is 30.7. The minimum Gasteiger partial charge on any atom is -1.00 e. The molecule has 0 spiro atoms. The number of hydrogen-bond donors (Lipinski definition) is 2. The Morgan fingerprint density at radius 1 is 0.333 bits per heavy atom. The third-order valence-corrected chi connectivity index (χ3v) is 1.57. The summed E-state index contributed by atoms with van der Waals surface area (Å²) in [5, 5.41) is 0. The number of rotatable bonds is 2. The fourth-order valence-corrected chi connectivity index (χ4v) is 0.672. The molecule has 0 aliphatic rings.